The van der Waals surface area contributed by atoms with E-state index in [0.717, 1.165) is 0 Å². The quantitative estimate of drug-likeness (QED) is 0.852. The van der Waals surface area contributed by atoms with Crippen molar-refractivity contribution in [2.45, 2.75) is 33.6 Å². The molecule has 0 aromatic heterocycles. The average Bonchev–Trinajstić information content (AvgIpc) is 2.71. The highest BCUT2D eigenvalue weighted by atomic mass is 16.4. The Labute approximate surface area is 134 Å². The number of benzene rings is 1. The van der Waals surface area contributed by atoms with Gasteiger partial charge >= 0.3 is 0 Å². The first-order chi connectivity index (χ1) is 10.6. The lowest BCUT2D eigenvalue weighted by Crippen LogP contribution is -2.49. The summed E-state index contributed by atoms with van der Waals surface area (Å²) >= 11 is 0. The van der Waals surface area contributed by atoms with Crippen molar-refractivity contribution in [1.82, 2.24) is 0 Å². The van der Waals surface area contributed by atoms with E-state index in [9.17, 15) is 24.6 Å². The molecule has 6 heteroatoms. The van der Waals surface area contributed by atoms with Gasteiger partial charge in [-0.2, -0.15) is 0 Å². The van der Waals surface area contributed by atoms with Gasteiger partial charge in [-0.3, -0.25) is 4.79 Å². The number of carboxylic acids is 2. The summed E-state index contributed by atoms with van der Waals surface area (Å²) in [5, 5.41) is 25.0. The SMILES string of the molecule is CC1(C)[C@@H](C(=O)Nc2cccc(C(=O)[O-])c2)CC[C@]1(C)C(=O)[O-]. The minimum atomic E-state index is -1.33. The first-order valence-corrected chi connectivity index (χ1v) is 7.43. The third kappa shape index (κ3) is 2.81. The third-order valence-electron chi connectivity index (χ3n) is 5.36. The van der Waals surface area contributed by atoms with Crippen molar-refractivity contribution >= 4 is 23.5 Å². The number of carbonyl (C=O) groups excluding carboxylic acids is 3. The summed E-state index contributed by atoms with van der Waals surface area (Å²) in [4.78, 5) is 34.9. The average molecular weight is 317 g/mol. The van der Waals surface area contributed by atoms with E-state index in [1.165, 1.54) is 18.2 Å². The second-order valence-corrected chi connectivity index (χ2v) is 6.79. The van der Waals surface area contributed by atoms with Crippen molar-refractivity contribution in [2.24, 2.45) is 16.7 Å². The standard InChI is InChI=1S/C17H21NO5/c1-16(2)12(7-8-17(16,3)15(22)23)13(19)18-11-6-4-5-10(9-11)14(20)21/h4-6,9,12H,7-8H2,1-3H3,(H,18,19)(H,20,21)(H,22,23)/p-2/t12-,17-/m1/s1. The second-order valence-electron chi connectivity index (χ2n) is 6.79. The van der Waals surface area contributed by atoms with Gasteiger partial charge in [0, 0.05) is 23.0 Å². The van der Waals surface area contributed by atoms with Crippen LogP contribution in [0.1, 0.15) is 44.0 Å². The zero-order valence-corrected chi connectivity index (χ0v) is 13.3. The number of carbonyl (C=O) groups is 3. The van der Waals surface area contributed by atoms with Crippen LogP contribution >= 0.6 is 0 Å². The molecule has 23 heavy (non-hydrogen) atoms. The van der Waals surface area contributed by atoms with E-state index in [-0.39, 0.29) is 11.5 Å². The molecule has 0 radical (unpaired) electrons. The number of amides is 1. The Kier molecular flexibility index (Phi) is 4.20. The maximum atomic E-state index is 12.5. The van der Waals surface area contributed by atoms with Crippen LogP contribution in [0.3, 0.4) is 0 Å². The van der Waals surface area contributed by atoms with E-state index in [1.54, 1.807) is 26.8 Å². The molecule has 1 aliphatic carbocycles. The summed E-state index contributed by atoms with van der Waals surface area (Å²) in [6.07, 6.45) is 0.795. The van der Waals surface area contributed by atoms with Gasteiger partial charge in [0.1, 0.15) is 0 Å². The molecule has 0 saturated heterocycles. The van der Waals surface area contributed by atoms with Crippen LogP contribution in [0.25, 0.3) is 0 Å². The molecular formula is C17H19NO5-2. The lowest BCUT2D eigenvalue weighted by atomic mass is 9.65. The molecule has 124 valence electrons. The molecular weight excluding hydrogens is 298 g/mol. The summed E-state index contributed by atoms with van der Waals surface area (Å²) < 4.78 is 0. The first kappa shape index (κ1) is 17.0. The van der Waals surface area contributed by atoms with Crippen LogP contribution < -0.4 is 15.5 Å². The fourth-order valence-electron chi connectivity index (χ4n) is 3.28. The molecule has 1 saturated carbocycles. The minimum Gasteiger partial charge on any atom is -0.550 e. The van der Waals surface area contributed by atoms with Gasteiger partial charge < -0.3 is 25.1 Å². The van der Waals surface area contributed by atoms with Crippen LogP contribution in [0, 0.1) is 16.7 Å². The molecule has 2 rings (SSSR count). The molecule has 1 aromatic rings. The molecule has 1 N–H and O–H groups in total. The number of hydrogen-bond acceptors (Lipinski definition) is 5. The van der Waals surface area contributed by atoms with Crippen molar-refractivity contribution in [3.63, 3.8) is 0 Å². The molecule has 1 aromatic carbocycles. The van der Waals surface area contributed by atoms with E-state index < -0.39 is 28.7 Å². The maximum Gasteiger partial charge on any atom is 0.228 e. The Hall–Kier alpha value is -2.37. The summed E-state index contributed by atoms with van der Waals surface area (Å²) in [7, 11) is 0. The molecule has 0 aliphatic heterocycles. The fourth-order valence-corrected chi connectivity index (χ4v) is 3.28. The number of nitrogens with one attached hydrogen (secondary N) is 1. The zero-order chi connectivity index (χ0) is 17.4. The van der Waals surface area contributed by atoms with Crippen molar-refractivity contribution in [3.05, 3.63) is 29.8 Å². The largest absolute Gasteiger partial charge is 0.550 e. The topological polar surface area (TPSA) is 109 Å². The number of rotatable bonds is 4. The number of carboxylic acid groups (broad SMARTS) is 2. The highest BCUT2D eigenvalue weighted by Gasteiger charge is 2.54. The second kappa shape index (κ2) is 5.68. The molecule has 0 unspecified atom stereocenters. The van der Waals surface area contributed by atoms with E-state index in [0.29, 0.717) is 18.5 Å². The van der Waals surface area contributed by atoms with Gasteiger partial charge in [0.2, 0.25) is 5.91 Å². The van der Waals surface area contributed by atoms with Crippen molar-refractivity contribution in [1.29, 1.82) is 0 Å². The van der Waals surface area contributed by atoms with Gasteiger partial charge in [0.15, 0.2) is 0 Å². The van der Waals surface area contributed by atoms with Crippen LogP contribution in [0.4, 0.5) is 5.69 Å². The molecule has 1 aliphatic rings. The van der Waals surface area contributed by atoms with Crippen molar-refractivity contribution in [3.8, 4) is 0 Å². The van der Waals surface area contributed by atoms with Gasteiger partial charge in [-0.25, -0.2) is 0 Å². The maximum absolute atomic E-state index is 12.5. The van der Waals surface area contributed by atoms with Crippen LogP contribution in [-0.2, 0) is 9.59 Å². The summed E-state index contributed by atoms with van der Waals surface area (Å²) in [6, 6.07) is 5.76. The lowest BCUT2D eigenvalue weighted by molar-refractivity contribution is -0.323. The van der Waals surface area contributed by atoms with Gasteiger partial charge in [-0.1, -0.05) is 32.9 Å². The highest BCUT2D eigenvalue weighted by molar-refractivity contribution is 5.95. The van der Waals surface area contributed by atoms with Gasteiger partial charge in [-0.05, 0) is 36.0 Å². The summed E-state index contributed by atoms with van der Waals surface area (Å²) in [6.45, 7) is 5.10. The van der Waals surface area contributed by atoms with E-state index in [1.807, 2.05) is 0 Å². The van der Waals surface area contributed by atoms with Crippen LogP contribution in [0.15, 0.2) is 24.3 Å². The highest BCUT2D eigenvalue weighted by Crippen LogP contribution is 2.55. The number of anilines is 1. The molecule has 2 atom stereocenters. The van der Waals surface area contributed by atoms with E-state index in [4.69, 9.17) is 0 Å². The molecule has 6 nitrogen and oxygen atoms in total. The fraction of sp³-hybridized carbons (Fsp3) is 0.471. The molecule has 0 bridgehead atoms. The van der Waals surface area contributed by atoms with Gasteiger partial charge in [-0.15, -0.1) is 0 Å². The van der Waals surface area contributed by atoms with E-state index in [2.05, 4.69) is 5.32 Å². The molecule has 1 amide bonds. The van der Waals surface area contributed by atoms with E-state index >= 15 is 0 Å². The molecule has 0 spiro atoms. The van der Waals surface area contributed by atoms with Crippen LogP contribution in [-0.4, -0.2) is 17.8 Å². The van der Waals surface area contributed by atoms with Crippen LogP contribution in [0.5, 0.6) is 0 Å². The summed E-state index contributed by atoms with van der Waals surface area (Å²) in [5.74, 6) is -3.31. The Morgan fingerprint density at radius 3 is 2.35 bits per heavy atom. The smallest absolute Gasteiger partial charge is 0.228 e. The predicted octanol–water partition coefficient (Wildman–Crippen LogP) is 0.181. The Bertz CT molecular complexity index is 667. The van der Waals surface area contributed by atoms with Crippen molar-refractivity contribution < 1.29 is 24.6 Å². The number of aromatic carboxylic acids is 1. The number of aliphatic carboxylic acids is 1. The molecule has 1 fully saturated rings. The summed E-state index contributed by atoms with van der Waals surface area (Å²) in [5.41, 5.74) is -1.55. The monoisotopic (exact) mass is 317 g/mol. The lowest BCUT2D eigenvalue weighted by Gasteiger charge is -2.41. The molecule has 0 heterocycles. The van der Waals surface area contributed by atoms with Gasteiger partial charge in [0.25, 0.3) is 0 Å². The number of hydrogen-bond donors (Lipinski definition) is 1. The van der Waals surface area contributed by atoms with Crippen molar-refractivity contribution in [2.75, 3.05) is 5.32 Å². The first-order valence-electron chi connectivity index (χ1n) is 7.43. The van der Waals surface area contributed by atoms with Crippen LogP contribution in [0.2, 0.25) is 0 Å². The van der Waals surface area contributed by atoms with Gasteiger partial charge in [0.05, 0.1) is 5.97 Å². The minimum absolute atomic E-state index is 0.0342. The Morgan fingerprint density at radius 1 is 1.17 bits per heavy atom. The normalized spacial score (nSPS) is 25.8. The predicted molar refractivity (Wildman–Crippen MR) is 79.0 cm³/mol. The third-order valence-corrected chi connectivity index (χ3v) is 5.36. The Balaban J connectivity index is 2.21. The Morgan fingerprint density at radius 2 is 1.83 bits per heavy atom. The zero-order valence-electron chi connectivity index (χ0n) is 13.3.